The quantitative estimate of drug-likeness (QED) is 0.587. The topological polar surface area (TPSA) is 92.1 Å². The number of nitrogens with one attached hydrogen (secondary N) is 2. The molecule has 1 aromatic carbocycles. The van der Waals surface area contributed by atoms with Gasteiger partial charge in [-0.05, 0) is 35.4 Å². The summed E-state index contributed by atoms with van der Waals surface area (Å²) in [7, 11) is 0. The summed E-state index contributed by atoms with van der Waals surface area (Å²) in [6.45, 7) is 0.336. The van der Waals surface area contributed by atoms with E-state index in [2.05, 4.69) is 20.6 Å². The molecule has 7 nitrogen and oxygen atoms in total. The van der Waals surface area contributed by atoms with Crippen molar-refractivity contribution in [2.24, 2.45) is 0 Å². The lowest BCUT2D eigenvalue weighted by Gasteiger charge is -2.14. The Labute approximate surface area is 166 Å². The van der Waals surface area contributed by atoms with Crippen molar-refractivity contribution in [1.29, 1.82) is 0 Å². The first-order chi connectivity index (χ1) is 13.0. The fraction of sp³-hybridized carbons (Fsp3) is 0.167. The van der Waals surface area contributed by atoms with E-state index in [-0.39, 0.29) is 6.54 Å². The smallest absolute Gasteiger partial charge is 0.315 e. The zero-order valence-electron chi connectivity index (χ0n) is 14.1. The van der Waals surface area contributed by atoms with Gasteiger partial charge in [-0.15, -0.1) is 0 Å². The van der Waals surface area contributed by atoms with Gasteiger partial charge in [0.25, 0.3) is 0 Å². The van der Waals surface area contributed by atoms with Crippen LogP contribution in [0.15, 0.2) is 55.2 Å². The van der Waals surface area contributed by atoms with Gasteiger partial charge >= 0.3 is 6.03 Å². The second kappa shape index (κ2) is 8.85. The molecule has 0 aliphatic carbocycles. The first-order valence-electron chi connectivity index (χ1n) is 8.10. The number of pyridine rings is 1. The van der Waals surface area contributed by atoms with E-state index in [0.717, 1.165) is 11.4 Å². The van der Waals surface area contributed by atoms with Crippen LogP contribution in [-0.4, -0.2) is 32.2 Å². The Bertz CT molecular complexity index is 880. The van der Waals surface area contributed by atoms with Crippen LogP contribution < -0.4 is 10.6 Å². The van der Waals surface area contributed by atoms with Gasteiger partial charge in [0, 0.05) is 41.7 Å². The molecule has 3 aromatic rings. The van der Waals surface area contributed by atoms with Crippen LogP contribution >= 0.6 is 23.2 Å². The van der Waals surface area contributed by atoms with E-state index in [1.54, 1.807) is 47.7 Å². The summed E-state index contributed by atoms with van der Waals surface area (Å²) in [6.07, 6.45) is 5.90. The third-order valence-corrected chi connectivity index (χ3v) is 4.19. The molecule has 1 unspecified atom stereocenters. The Morgan fingerprint density at radius 1 is 1.19 bits per heavy atom. The predicted molar refractivity (Wildman–Crippen MR) is 103 cm³/mol. The molecule has 9 heteroatoms. The van der Waals surface area contributed by atoms with E-state index in [9.17, 15) is 9.90 Å². The molecule has 2 aromatic heterocycles. The predicted octanol–water partition coefficient (Wildman–Crippen LogP) is 3.11. The molecular formula is C18H17Cl2N5O2. The van der Waals surface area contributed by atoms with E-state index in [1.807, 2.05) is 12.1 Å². The number of imidazole rings is 1. The Morgan fingerprint density at radius 2 is 1.96 bits per heavy atom. The van der Waals surface area contributed by atoms with Crippen molar-refractivity contribution in [2.45, 2.75) is 12.6 Å². The third-order valence-electron chi connectivity index (χ3n) is 3.76. The van der Waals surface area contributed by atoms with Gasteiger partial charge < -0.3 is 15.7 Å². The molecule has 0 saturated heterocycles. The van der Waals surface area contributed by atoms with Crippen LogP contribution in [0.25, 0.3) is 5.82 Å². The largest absolute Gasteiger partial charge is 0.387 e. The van der Waals surface area contributed by atoms with Crippen LogP contribution in [0, 0.1) is 0 Å². The van der Waals surface area contributed by atoms with Crippen molar-refractivity contribution in [3.63, 3.8) is 0 Å². The van der Waals surface area contributed by atoms with Crippen LogP contribution in [0.5, 0.6) is 0 Å². The molecule has 3 rings (SSSR count). The van der Waals surface area contributed by atoms with Crippen LogP contribution in [0.2, 0.25) is 10.0 Å². The number of rotatable bonds is 6. The first-order valence-corrected chi connectivity index (χ1v) is 8.86. The number of hydrogen-bond donors (Lipinski definition) is 3. The number of carbonyl (C=O) groups is 1. The highest BCUT2D eigenvalue weighted by Gasteiger charge is 2.11. The van der Waals surface area contributed by atoms with Gasteiger partial charge in [-0.25, -0.2) is 14.8 Å². The number of carbonyl (C=O) groups excluding carboxylic acids is 1. The summed E-state index contributed by atoms with van der Waals surface area (Å²) < 4.78 is 1.79. The summed E-state index contributed by atoms with van der Waals surface area (Å²) in [4.78, 5) is 20.2. The van der Waals surface area contributed by atoms with Crippen molar-refractivity contribution in [3.8, 4) is 5.82 Å². The van der Waals surface area contributed by atoms with Gasteiger partial charge in [-0.1, -0.05) is 29.3 Å². The molecule has 0 saturated carbocycles. The van der Waals surface area contributed by atoms with Crippen LogP contribution in [-0.2, 0) is 6.54 Å². The van der Waals surface area contributed by atoms with Gasteiger partial charge in [0.1, 0.15) is 12.1 Å². The number of benzene rings is 1. The summed E-state index contributed by atoms with van der Waals surface area (Å²) in [5.74, 6) is 0.740. The van der Waals surface area contributed by atoms with Crippen LogP contribution in [0.4, 0.5) is 4.79 Å². The molecule has 0 spiro atoms. The number of aliphatic hydroxyl groups is 1. The van der Waals surface area contributed by atoms with E-state index in [0.29, 0.717) is 22.2 Å². The average molecular weight is 406 g/mol. The lowest BCUT2D eigenvalue weighted by atomic mass is 10.1. The number of nitrogens with zero attached hydrogens (tertiary/aromatic N) is 3. The molecule has 27 heavy (non-hydrogen) atoms. The molecular weight excluding hydrogens is 389 g/mol. The number of halogens is 2. The molecule has 0 fully saturated rings. The molecule has 0 bridgehead atoms. The molecule has 0 radical (unpaired) electrons. The third kappa shape index (κ3) is 5.43. The number of urea groups is 1. The maximum absolute atomic E-state index is 11.9. The standard InChI is InChI=1S/C18H17Cl2N5O2/c19-14-5-13(6-15(20)7-14)16(26)10-24-18(27)23-9-12-1-2-17(22-8-12)25-4-3-21-11-25/h1-8,11,16,26H,9-10H2,(H2,23,24,27). The maximum Gasteiger partial charge on any atom is 0.315 e. The highest BCUT2D eigenvalue weighted by Crippen LogP contribution is 2.23. The summed E-state index contributed by atoms with van der Waals surface area (Å²) in [6, 6.07) is 8.08. The van der Waals surface area contributed by atoms with Crippen molar-refractivity contribution < 1.29 is 9.90 Å². The average Bonchev–Trinajstić information content (AvgIpc) is 3.19. The van der Waals surface area contributed by atoms with Gasteiger partial charge in [0.15, 0.2) is 0 Å². The Kier molecular flexibility index (Phi) is 6.28. The van der Waals surface area contributed by atoms with Gasteiger partial charge in [-0.3, -0.25) is 4.57 Å². The van der Waals surface area contributed by atoms with Crippen molar-refractivity contribution in [1.82, 2.24) is 25.2 Å². The van der Waals surface area contributed by atoms with Crippen molar-refractivity contribution in [2.75, 3.05) is 6.54 Å². The Hall–Kier alpha value is -2.61. The molecule has 3 N–H and O–H groups in total. The van der Waals surface area contributed by atoms with Gasteiger partial charge in [-0.2, -0.15) is 0 Å². The SMILES string of the molecule is O=C(NCc1ccc(-n2ccnc2)nc1)NCC(O)c1cc(Cl)cc(Cl)c1. The molecule has 1 atom stereocenters. The minimum Gasteiger partial charge on any atom is -0.387 e. The molecule has 2 heterocycles. The second-order valence-electron chi connectivity index (χ2n) is 5.78. The zero-order chi connectivity index (χ0) is 19.2. The lowest BCUT2D eigenvalue weighted by Crippen LogP contribution is -2.37. The van der Waals surface area contributed by atoms with E-state index < -0.39 is 12.1 Å². The van der Waals surface area contributed by atoms with E-state index >= 15 is 0 Å². The van der Waals surface area contributed by atoms with Crippen molar-refractivity contribution >= 4 is 29.2 Å². The molecule has 2 amide bonds. The maximum atomic E-state index is 11.9. The molecule has 0 aliphatic rings. The summed E-state index contributed by atoms with van der Waals surface area (Å²) in [5.41, 5.74) is 1.38. The van der Waals surface area contributed by atoms with Gasteiger partial charge in [0.05, 0.1) is 6.10 Å². The molecule has 140 valence electrons. The molecule has 0 aliphatic heterocycles. The first kappa shape index (κ1) is 19.2. The number of amides is 2. The number of aliphatic hydroxyl groups excluding tert-OH is 1. The second-order valence-corrected chi connectivity index (χ2v) is 6.65. The van der Waals surface area contributed by atoms with Gasteiger partial charge in [0.2, 0.25) is 0 Å². The van der Waals surface area contributed by atoms with E-state index in [4.69, 9.17) is 23.2 Å². The normalized spacial score (nSPS) is 11.8. The Morgan fingerprint density at radius 3 is 2.59 bits per heavy atom. The summed E-state index contributed by atoms with van der Waals surface area (Å²) in [5, 5.41) is 16.3. The summed E-state index contributed by atoms with van der Waals surface area (Å²) >= 11 is 11.8. The number of hydrogen-bond acceptors (Lipinski definition) is 4. The lowest BCUT2D eigenvalue weighted by molar-refractivity contribution is 0.173. The highest BCUT2D eigenvalue weighted by molar-refractivity contribution is 6.34. The minimum atomic E-state index is -0.914. The minimum absolute atomic E-state index is 0.0281. The Balaban J connectivity index is 1.46. The van der Waals surface area contributed by atoms with E-state index in [1.165, 1.54) is 0 Å². The zero-order valence-corrected chi connectivity index (χ0v) is 15.7. The fourth-order valence-corrected chi connectivity index (χ4v) is 2.93. The van der Waals surface area contributed by atoms with Crippen LogP contribution in [0.1, 0.15) is 17.2 Å². The fourth-order valence-electron chi connectivity index (χ4n) is 2.39. The monoisotopic (exact) mass is 405 g/mol. The highest BCUT2D eigenvalue weighted by atomic mass is 35.5. The number of aromatic nitrogens is 3. The van der Waals surface area contributed by atoms with Crippen LogP contribution in [0.3, 0.4) is 0 Å². The van der Waals surface area contributed by atoms with Crippen molar-refractivity contribution in [3.05, 3.63) is 76.4 Å².